The highest BCUT2D eigenvalue weighted by Crippen LogP contribution is 2.28. The van der Waals surface area contributed by atoms with Crippen LogP contribution in [0, 0.1) is 5.41 Å². The van der Waals surface area contributed by atoms with E-state index in [1.807, 2.05) is 62.6 Å². The quantitative estimate of drug-likeness (QED) is 0.273. The summed E-state index contributed by atoms with van der Waals surface area (Å²) in [5.41, 5.74) is 3.61. The van der Waals surface area contributed by atoms with Gasteiger partial charge in [0, 0.05) is 27.2 Å². The van der Waals surface area contributed by atoms with Gasteiger partial charge in [-0.2, -0.15) is 0 Å². The first-order valence-electron chi connectivity index (χ1n) is 7.60. The number of thiophene rings is 1. The van der Waals surface area contributed by atoms with E-state index in [0.717, 1.165) is 10.4 Å². The molecule has 4 N–H and O–H groups in total. The minimum absolute atomic E-state index is 0.0482. The lowest BCUT2D eigenvalue weighted by atomic mass is 10.1. The zero-order chi connectivity index (χ0) is 17.7. The Morgan fingerprint density at radius 3 is 2.58 bits per heavy atom. The standard InChI is InChI=1S/C17H23N3O2S2/c1-17(2,3)24(22)20-14(9-12-7-5-4-6-8-12)15-10-13(11-23-15)16(18)19-21/h4-8,10-11,14,20-21H,9H2,1-3H3,(H2,18,19)/t14-,24+/m1/s1. The fourth-order valence-electron chi connectivity index (χ4n) is 2.09. The van der Waals surface area contributed by atoms with Gasteiger partial charge in [0.1, 0.15) is 10.6 Å². The maximum atomic E-state index is 12.5. The van der Waals surface area contributed by atoms with Gasteiger partial charge in [0.25, 0.3) is 0 Å². The summed E-state index contributed by atoms with van der Waals surface area (Å²) in [5.74, 6) is -0.0482. The largest absolute Gasteiger partial charge is 0.598 e. The Hall–Kier alpha value is -1.38. The fraction of sp³-hybridized carbons (Fsp3) is 0.353. The monoisotopic (exact) mass is 365 g/mol. The second-order valence-electron chi connectivity index (χ2n) is 6.47. The molecule has 0 amide bonds. The molecule has 130 valence electrons. The lowest BCUT2D eigenvalue weighted by Gasteiger charge is -2.27. The minimum atomic E-state index is -1.21. The van der Waals surface area contributed by atoms with Gasteiger partial charge in [-0.05, 0) is 38.8 Å². The molecular formula is C17H23N3O2S2. The van der Waals surface area contributed by atoms with Gasteiger partial charge in [-0.25, -0.2) is 0 Å². The Kier molecular flexibility index (Phi) is 6.42. The summed E-state index contributed by atoms with van der Waals surface area (Å²) in [6, 6.07) is 11.7. The summed E-state index contributed by atoms with van der Waals surface area (Å²) >= 11 is 0.278. The molecule has 0 unspecified atom stereocenters. The predicted molar refractivity (Wildman–Crippen MR) is 100.0 cm³/mol. The van der Waals surface area contributed by atoms with Crippen LogP contribution in [0.15, 0.2) is 41.8 Å². The van der Waals surface area contributed by atoms with Crippen molar-refractivity contribution >= 4 is 28.5 Å². The Balaban J connectivity index is 2.24. The van der Waals surface area contributed by atoms with E-state index in [9.17, 15) is 4.55 Å². The number of benzene rings is 1. The van der Waals surface area contributed by atoms with Gasteiger partial charge in [-0.3, -0.25) is 16.1 Å². The van der Waals surface area contributed by atoms with Crippen LogP contribution >= 0.6 is 11.3 Å². The van der Waals surface area contributed by atoms with Gasteiger partial charge >= 0.3 is 0 Å². The number of rotatable bonds is 6. The maximum absolute atomic E-state index is 12.5. The zero-order valence-corrected chi connectivity index (χ0v) is 15.6. The van der Waals surface area contributed by atoms with Crippen molar-refractivity contribution in [3.63, 3.8) is 0 Å². The molecule has 1 heterocycles. The number of hydroxylamine groups is 1. The molecule has 1 aromatic carbocycles. The van der Waals surface area contributed by atoms with Gasteiger partial charge in [-0.1, -0.05) is 30.3 Å². The number of hydrogen-bond donors (Lipinski definition) is 4. The molecule has 2 atom stereocenters. The first-order valence-corrected chi connectivity index (χ1v) is 9.63. The molecule has 2 aromatic rings. The van der Waals surface area contributed by atoms with Gasteiger partial charge < -0.3 is 4.55 Å². The van der Waals surface area contributed by atoms with Crippen molar-refractivity contribution in [1.29, 1.82) is 5.41 Å². The van der Waals surface area contributed by atoms with E-state index in [4.69, 9.17) is 10.6 Å². The SMILES string of the molecule is CC(C)(C)[S@+]([O-])N[C@H](Cc1ccccc1)c1cc(C(=N)NO)cs1. The van der Waals surface area contributed by atoms with E-state index >= 15 is 0 Å². The molecule has 1 aromatic heterocycles. The van der Waals surface area contributed by atoms with Crippen molar-refractivity contribution in [2.75, 3.05) is 0 Å². The molecule has 24 heavy (non-hydrogen) atoms. The van der Waals surface area contributed by atoms with E-state index in [1.165, 1.54) is 11.3 Å². The third kappa shape index (κ3) is 5.06. The van der Waals surface area contributed by atoms with Crippen LogP contribution in [0.4, 0.5) is 0 Å². The van der Waals surface area contributed by atoms with E-state index in [2.05, 4.69) is 4.72 Å². The van der Waals surface area contributed by atoms with E-state index in [0.29, 0.717) is 12.0 Å². The van der Waals surface area contributed by atoms with Crippen molar-refractivity contribution in [3.05, 3.63) is 57.8 Å². The molecule has 0 saturated heterocycles. The lowest BCUT2D eigenvalue weighted by molar-refractivity contribution is 0.234. The molecular weight excluding hydrogens is 342 g/mol. The topological polar surface area (TPSA) is 91.2 Å². The van der Waals surface area contributed by atoms with Crippen LogP contribution in [0.5, 0.6) is 0 Å². The van der Waals surface area contributed by atoms with Crippen molar-refractivity contribution in [1.82, 2.24) is 10.2 Å². The molecule has 0 saturated carbocycles. The van der Waals surface area contributed by atoms with Crippen LogP contribution in [0.1, 0.15) is 42.8 Å². The zero-order valence-electron chi connectivity index (χ0n) is 14.0. The Bertz CT molecular complexity index is 668. The van der Waals surface area contributed by atoms with Crippen molar-refractivity contribution < 1.29 is 9.76 Å². The fourth-order valence-corrected chi connectivity index (χ4v) is 3.93. The summed E-state index contributed by atoms with van der Waals surface area (Å²) < 4.78 is 15.4. The first kappa shape index (κ1) is 19.0. The summed E-state index contributed by atoms with van der Waals surface area (Å²) in [6.45, 7) is 5.79. The highest BCUT2D eigenvalue weighted by molar-refractivity contribution is 7.90. The number of hydrogen-bond acceptors (Lipinski definition) is 5. The third-order valence-corrected chi connectivity index (χ3v) is 6.11. The van der Waals surface area contributed by atoms with Crippen LogP contribution in [0.25, 0.3) is 0 Å². The highest BCUT2D eigenvalue weighted by atomic mass is 32.2. The lowest BCUT2D eigenvalue weighted by Crippen LogP contribution is -2.41. The molecule has 0 fully saturated rings. The van der Waals surface area contributed by atoms with Gasteiger partial charge in [-0.15, -0.1) is 16.1 Å². The summed E-state index contributed by atoms with van der Waals surface area (Å²) in [7, 11) is 0. The molecule has 0 aliphatic carbocycles. The number of nitrogens with one attached hydrogen (secondary N) is 3. The average Bonchev–Trinajstić information content (AvgIpc) is 3.03. The molecule has 0 bridgehead atoms. The molecule has 0 spiro atoms. The van der Waals surface area contributed by atoms with Crippen LogP contribution in [0.3, 0.4) is 0 Å². The van der Waals surface area contributed by atoms with Crippen LogP contribution in [0.2, 0.25) is 0 Å². The number of amidine groups is 1. The maximum Gasteiger partial charge on any atom is 0.150 e. The molecule has 5 nitrogen and oxygen atoms in total. The van der Waals surface area contributed by atoms with Crippen LogP contribution in [-0.2, 0) is 17.8 Å². The second kappa shape index (κ2) is 8.13. The first-order chi connectivity index (χ1) is 11.3. The Morgan fingerprint density at radius 1 is 1.33 bits per heavy atom. The Labute approximate surface area is 149 Å². The summed E-state index contributed by atoms with van der Waals surface area (Å²) in [6.07, 6.45) is 0.697. The highest BCUT2D eigenvalue weighted by Gasteiger charge is 2.30. The van der Waals surface area contributed by atoms with E-state index in [-0.39, 0.29) is 16.6 Å². The normalized spacial score (nSPS) is 14.2. The smallest absolute Gasteiger partial charge is 0.150 e. The van der Waals surface area contributed by atoms with E-state index < -0.39 is 11.4 Å². The second-order valence-corrected chi connectivity index (χ2v) is 9.41. The molecule has 0 aliphatic rings. The molecule has 0 aliphatic heterocycles. The predicted octanol–water partition coefficient (Wildman–Crippen LogP) is 3.39. The van der Waals surface area contributed by atoms with Crippen LogP contribution < -0.4 is 10.2 Å². The molecule has 7 heteroatoms. The van der Waals surface area contributed by atoms with Crippen molar-refractivity contribution in [2.24, 2.45) is 0 Å². The van der Waals surface area contributed by atoms with E-state index in [1.54, 1.807) is 5.38 Å². The van der Waals surface area contributed by atoms with Gasteiger partial charge in [0.15, 0.2) is 0 Å². The van der Waals surface area contributed by atoms with Gasteiger partial charge in [0.2, 0.25) is 0 Å². The molecule has 2 rings (SSSR count). The van der Waals surface area contributed by atoms with Gasteiger partial charge in [0.05, 0.1) is 6.04 Å². The minimum Gasteiger partial charge on any atom is -0.598 e. The summed E-state index contributed by atoms with van der Waals surface area (Å²) in [4.78, 5) is 0.978. The van der Waals surface area contributed by atoms with Crippen molar-refractivity contribution in [3.8, 4) is 0 Å². The average molecular weight is 366 g/mol. The van der Waals surface area contributed by atoms with Crippen molar-refractivity contribution in [2.45, 2.75) is 38.0 Å². The third-order valence-electron chi connectivity index (χ3n) is 3.45. The van der Waals surface area contributed by atoms with Crippen LogP contribution in [-0.4, -0.2) is 20.3 Å². The summed E-state index contributed by atoms with van der Waals surface area (Å²) in [5, 5.41) is 18.4. The molecule has 0 radical (unpaired) electrons. The Morgan fingerprint density at radius 2 is 2.00 bits per heavy atom.